The summed E-state index contributed by atoms with van der Waals surface area (Å²) in [5.41, 5.74) is 11.7. The minimum atomic E-state index is -5.08. The van der Waals surface area contributed by atoms with Crippen LogP contribution in [0.4, 0.5) is 22.0 Å². The molecule has 2 heterocycles. The number of carbonyl (C=O) groups excluding carboxylic acids is 8. The minimum Gasteiger partial charge on any atom is -0.480 e. The SMILES string of the molecule is CC(C)[C@H](NC(=O)CCCCCN1C(=O)C=CC1=O)C(=O)N[C@@H](C)C(=O)N(CCNC(=O)[C@@H](N)CCN(C(=O)CO)[C@@H](c1nc(-c2cc(F)ccc2F)cn1Cc1ccccc1)C(C)(C)C)[C@@H](CCC(N)=O)C(=O)O.O=C(O)C(F)(F)F. The van der Waals surface area contributed by atoms with E-state index in [2.05, 4.69) is 16.0 Å². The van der Waals surface area contributed by atoms with Gasteiger partial charge < -0.3 is 57.1 Å². The second-order valence-electron chi connectivity index (χ2n) is 20.6. The highest BCUT2D eigenvalue weighted by Crippen LogP contribution is 2.40. The van der Waals surface area contributed by atoms with Crippen molar-refractivity contribution in [3.8, 4) is 11.3 Å². The van der Waals surface area contributed by atoms with E-state index in [1.54, 1.807) is 24.6 Å². The Morgan fingerprint density at radius 2 is 1.43 bits per heavy atom. The van der Waals surface area contributed by atoms with Crippen LogP contribution in [0.15, 0.2) is 66.9 Å². The van der Waals surface area contributed by atoms with E-state index in [1.165, 1.54) is 24.0 Å². The minimum absolute atomic E-state index is 0.0234. The van der Waals surface area contributed by atoms with E-state index in [0.29, 0.717) is 19.3 Å². The molecule has 5 atom stereocenters. The number of nitrogens with zero attached hydrogens (tertiary/aromatic N) is 5. The maximum Gasteiger partial charge on any atom is 0.490 e. The highest BCUT2D eigenvalue weighted by Gasteiger charge is 2.40. The number of primary amides is 1. The van der Waals surface area contributed by atoms with Gasteiger partial charge in [-0.15, -0.1) is 0 Å². The maximum absolute atomic E-state index is 15.2. The van der Waals surface area contributed by atoms with Crippen LogP contribution in [0.2, 0.25) is 0 Å². The first kappa shape index (κ1) is 68.1. The third kappa shape index (κ3) is 20.8. The van der Waals surface area contributed by atoms with Gasteiger partial charge in [0.15, 0.2) is 0 Å². The van der Waals surface area contributed by atoms with Crippen molar-refractivity contribution in [2.24, 2.45) is 22.8 Å². The lowest BCUT2D eigenvalue weighted by Gasteiger charge is -2.40. The van der Waals surface area contributed by atoms with Crippen molar-refractivity contribution in [3.05, 3.63) is 89.9 Å². The Morgan fingerprint density at radius 1 is 0.805 bits per heavy atom. The summed E-state index contributed by atoms with van der Waals surface area (Å²) in [6, 6.07) is 5.77. The molecule has 450 valence electrons. The molecular formula is C54H71F5N10O13. The van der Waals surface area contributed by atoms with Gasteiger partial charge in [0.2, 0.25) is 35.4 Å². The summed E-state index contributed by atoms with van der Waals surface area (Å²) < 4.78 is 63.1. The fourth-order valence-electron chi connectivity index (χ4n) is 8.59. The number of amides is 8. The molecule has 4 rings (SSSR count). The van der Waals surface area contributed by atoms with Gasteiger partial charge in [-0.25, -0.2) is 23.4 Å². The summed E-state index contributed by atoms with van der Waals surface area (Å²) in [5.74, 6) is -11.2. The highest BCUT2D eigenvalue weighted by atomic mass is 19.4. The molecule has 0 unspecified atom stereocenters. The molecule has 23 nitrogen and oxygen atoms in total. The number of benzene rings is 2. The second kappa shape index (κ2) is 31.2. The number of aliphatic hydroxyl groups excluding tert-OH is 1. The molecule has 1 aromatic heterocycles. The Labute approximate surface area is 469 Å². The Hall–Kier alpha value is -8.14. The van der Waals surface area contributed by atoms with Crippen molar-refractivity contribution < 1.29 is 85.2 Å². The zero-order chi connectivity index (χ0) is 61.8. The summed E-state index contributed by atoms with van der Waals surface area (Å²) in [6.07, 6.45) is -0.805. The Bertz CT molecular complexity index is 2770. The van der Waals surface area contributed by atoms with E-state index in [0.717, 1.165) is 33.6 Å². The first-order valence-electron chi connectivity index (χ1n) is 26.0. The van der Waals surface area contributed by atoms with Gasteiger partial charge >= 0.3 is 18.1 Å². The van der Waals surface area contributed by atoms with Gasteiger partial charge in [-0.3, -0.25) is 43.3 Å². The largest absolute Gasteiger partial charge is 0.490 e. The molecule has 3 aromatic rings. The third-order valence-electron chi connectivity index (χ3n) is 12.7. The van der Waals surface area contributed by atoms with Crippen molar-refractivity contribution in [2.45, 2.75) is 129 Å². The number of alkyl halides is 3. The normalized spacial score (nSPS) is 14.2. The molecule has 82 heavy (non-hydrogen) atoms. The number of imidazole rings is 1. The standard InChI is InChI=1S/C52H70F2N10O11.C2HF3O2/c1-31(2)45(60-41(67)15-11-8-12-24-63-42(68)20-21-43(63)69)49(72)58-32(3)50(73)62(39(51(74)75)18-19-40(56)66)26-23-57-48(71)37(55)22-25-64(44(70)30-65)46(52(4,5)6)47-59-38(35-27-34(53)16-17-36(35)54)29-61(47)28-33-13-9-7-10-14-33;3-2(4,5)1(6)7/h7,9-10,13-14,16-17,20-21,27,29,31-32,37,39,45-46,65H,8,11-12,15,18-19,22-26,28,30,55H2,1-6H3,(H2,56,66)(H,57,71)(H,58,72)(H,60,67)(H,74,75);(H,6,7)/t32-,37-,39-,45-,46-;/m0./s1. The van der Waals surface area contributed by atoms with E-state index in [9.17, 15) is 70.9 Å². The topological polar surface area (TPSA) is 347 Å². The predicted molar refractivity (Wildman–Crippen MR) is 284 cm³/mol. The molecule has 1 aliphatic heterocycles. The number of aliphatic carboxylic acids is 2. The molecular weight excluding hydrogens is 1090 g/mol. The summed E-state index contributed by atoms with van der Waals surface area (Å²) in [7, 11) is 0. The molecule has 8 amide bonds. The third-order valence-corrected chi connectivity index (χ3v) is 12.7. The van der Waals surface area contributed by atoms with E-state index in [1.807, 2.05) is 51.1 Å². The molecule has 10 N–H and O–H groups in total. The molecule has 0 radical (unpaired) electrons. The lowest BCUT2D eigenvalue weighted by molar-refractivity contribution is -0.192. The molecule has 2 aromatic carbocycles. The molecule has 0 saturated heterocycles. The van der Waals surface area contributed by atoms with E-state index >= 15 is 4.39 Å². The smallest absolute Gasteiger partial charge is 0.480 e. The summed E-state index contributed by atoms with van der Waals surface area (Å²) in [5, 5.41) is 35.4. The van der Waals surface area contributed by atoms with Crippen LogP contribution in [-0.2, 0) is 54.5 Å². The first-order chi connectivity index (χ1) is 38.3. The molecule has 28 heteroatoms. The van der Waals surface area contributed by atoms with Crippen molar-refractivity contribution in [1.82, 2.24) is 40.2 Å². The van der Waals surface area contributed by atoms with Crippen LogP contribution >= 0.6 is 0 Å². The summed E-state index contributed by atoms with van der Waals surface area (Å²) >= 11 is 0. The van der Waals surface area contributed by atoms with Crippen LogP contribution in [0.3, 0.4) is 0 Å². The van der Waals surface area contributed by atoms with Crippen LogP contribution in [0.5, 0.6) is 0 Å². The maximum atomic E-state index is 15.2. The van der Waals surface area contributed by atoms with Crippen molar-refractivity contribution in [2.75, 3.05) is 32.8 Å². The van der Waals surface area contributed by atoms with E-state index < -0.39 is 145 Å². The molecule has 1 aliphatic rings. The zero-order valence-electron chi connectivity index (χ0n) is 46.2. The van der Waals surface area contributed by atoms with Crippen LogP contribution < -0.4 is 27.4 Å². The predicted octanol–water partition coefficient (Wildman–Crippen LogP) is 2.93. The Morgan fingerprint density at radius 3 is 1.98 bits per heavy atom. The lowest BCUT2D eigenvalue weighted by Crippen LogP contribution is -2.58. The average Bonchev–Trinajstić information content (AvgIpc) is 4.16. The number of carboxylic acids is 2. The highest BCUT2D eigenvalue weighted by molar-refractivity contribution is 6.12. The van der Waals surface area contributed by atoms with Gasteiger partial charge in [0.25, 0.3) is 11.8 Å². The number of halogens is 5. The van der Waals surface area contributed by atoms with Gasteiger partial charge in [-0.05, 0) is 67.7 Å². The van der Waals surface area contributed by atoms with Crippen molar-refractivity contribution in [1.29, 1.82) is 0 Å². The van der Waals surface area contributed by atoms with Crippen LogP contribution in [0, 0.1) is 23.0 Å². The molecule has 0 spiro atoms. The molecule has 0 bridgehead atoms. The molecule has 0 aliphatic carbocycles. The van der Waals surface area contributed by atoms with Gasteiger partial charge in [0.05, 0.1) is 17.8 Å². The number of carbonyl (C=O) groups is 10. The van der Waals surface area contributed by atoms with Crippen LogP contribution in [-0.4, -0.2) is 162 Å². The van der Waals surface area contributed by atoms with Crippen LogP contribution in [0.1, 0.15) is 104 Å². The van der Waals surface area contributed by atoms with Crippen molar-refractivity contribution >= 4 is 59.2 Å². The number of nitrogens with one attached hydrogen (secondary N) is 3. The number of carboxylic acid groups (broad SMARTS) is 2. The summed E-state index contributed by atoms with van der Waals surface area (Å²) in [6.45, 7) is 8.52. The average molecular weight is 1160 g/mol. The van der Waals surface area contributed by atoms with Crippen molar-refractivity contribution in [3.63, 3.8) is 0 Å². The number of aromatic nitrogens is 2. The number of nitrogens with two attached hydrogens (primary N) is 2. The fraction of sp³-hybridized carbons (Fsp3) is 0.500. The number of hydrogen-bond acceptors (Lipinski definition) is 13. The zero-order valence-corrected chi connectivity index (χ0v) is 46.2. The van der Waals surface area contributed by atoms with Crippen LogP contribution in [0.25, 0.3) is 11.3 Å². The van der Waals surface area contributed by atoms with Gasteiger partial charge in [0.1, 0.15) is 42.2 Å². The number of aliphatic hydroxyl groups is 1. The quantitative estimate of drug-likeness (QED) is 0.0281. The number of rotatable bonds is 29. The summed E-state index contributed by atoms with van der Waals surface area (Å²) in [4.78, 5) is 133. The van der Waals surface area contributed by atoms with E-state index in [4.69, 9.17) is 26.4 Å². The number of unbranched alkanes of at least 4 members (excludes halogenated alkanes) is 2. The van der Waals surface area contributed by atoms with Gasteiger partial charge in [-0.2, -0.15) is 13.2 Å². The second-order valence-corrected chi connectivity index (χ2v) is 20.6. The van der Waals surface area contributed by atoms with Gasteiger partial charge in [-0.1, -0.05) is 71.4 Å². The number of imide groups is 1. The molecule has 0 fully saturated rings. The van der Waals surface area contributed by atoms with E-state index in [-0.39, 0.29) is 56.1 Å². The molecule has 0 saturated carbocycles. The monoisotopic (exact) mass is 1160 g/mol. The first-order valence-corrected chi connectivity index (χ1v) is 26.0. The fourth-order valence-corrected chi connectivity index (χ4v) is 8.59. The Kier molecular flexibility index (Phi) is 25.9. The number of hydrogen-bond donors (Lipinski definition) is 8. The van der Waals surface area contributed by atoms with Gasteiger partial charge in [0, 0.05) is 69.5 Å². The Balaban J connectivity index is 0.00000236. The lowest BCUT2D eigenvalue weighted by atomic mass is 9.84.